The molecule has 1 saturated heterocycles. The first-order chi connectivity index (χ1) is 9.51. The Morgan fingerprint density at radius 1 is 1.50 bits per heavy atom. The summed E-state index contributed by atoms with van der Waals surface area (Å²) in [5.74, 6) is -1.03. The molecule has 0 saturated carbocycles. The summed E-state index contributed by atoms with van der Waals surface area (Å²) >= 11 is 3.34. The Labute approximate surface area is 126 Å². The first-order valence-corrected chi connectivity index (χ1v) is 7.20. The minimum absolute atomic E-state index is 0.0502. The molecule has 1 aromatic rings. The maximum atomic E-state index is 11.9. The zero-order valence-corrected chi connectivity index (χ0v) is 12.5. The highest BCUT2D eigenvalue weighted by molar-refractivity contribution is 9.10. The molecule has 106 valence electrons. The van der Waals surface area contributed by atoms with Crippen LogP contribution in [0.3, 0.4) is 0 Å². The van der Waals surface area contributed by atoms with Gasteiger partial charge in [0.25, 0.3) is 0 Å². The smallest absolute Gasteiger partial charge is 0.326 e. The predicted octanol–water partition coefficient (Wildman–Crippen LogP) is 2.48. The first kappa shape index (κ1) is 14.8. The Bertz CT molecular complexity index is 526. The number of hydrogen-bond donors (Lipinski definition) is 1. The molecule has 1 aliphatic heterocycles. The molecule has 2 rings (SSSR count). The van der Waals surface area contributed by atoms with Crippen LogP contribution in [0.4, 0.5) is 0 Å². The third-order valence-corrected chi connectivity index (χ3v) is 4.05. The topological polar surface area (TPSA) is 57.6 Å². The largest absolute Gasteiger partial charge is 0.480 e. The van der Waals surface area contributed by atoms with E-state index in [0.717, 1.165) is 10.0 Å². The van der Waals surface area contributed by atoms with Crippen LogP contribution in [-0.4, -0.2) is 34.5 Å². The molecule has 4 nitrogen and oxygen atoms in total. The highest BCUT2D eigenvalue weighted by Crippen LogP contribution is 2.23. The van der Waals surface area contributed by atoms with E-state index < -0.39 is 12.0 Å². The monoisotopic (exact) mass is 337 g/mol. The zero-order chi connectivity index (χ0) is 14.7. The van der Waals surface area contributed by atoms with E-state index in [9.17, 15) is 14.7 Å². The van der Waals surface area contributed by atoms with E-state index in [2.05, 4.69) is 22.5 Å². The van der Waals surface area contributed by atoms with Gasteiger partial charge in [-0.1, -0.05) is 34.1 Å². The molecule has 0 radical (unpaired) electrons. The summed E-state index contributed by atoms with van der Waals surface area (Å²) in [6.07, 6.45) is 2.39. The van der Waals surface area contributed by atoms with Crippen molar-refractivity contribution in [3.8, 4) is 0 Å². The molecular weight excluding hydrogens is 322 g/mol. The molecule has 0 bridgehead atoms. The lowest BCUT2D eigenvalue weighted by molar-refractivity contribution is -0.148. The van der Waals surface area contributed by atoms with Crippen LogP contribution in [0.2, 0.25) is 0 Å². The van der Waals surface area contributed by atoms with Gasteiger partial charge in [0.1, 0.15) is 6.04 Å². The van der Waals surface area contributed by atoms with Crippen molar-refractivity contribution < 1.29 is 14.7 Å². The summed E-state index contributed by atoms with van der Waals surface area (Å²) in [4.78, 5) is 24.9. The second kappa shape index (κ2) is 6.22. The molecule has 2 atom stereocenters. The van der Waals surface area contributed by atoms with Crippen LogP contribution >= 0.6 is 15.9 Å². The number of aliphatic carboxylic acids is 1. The highest BCUT2D eigenvalue weighted by Gasteiger charge is 2.36. The second-order valence-electron chi connectivity index (χ2n) is 4.93. The number of carboxylic acids is 1. The summed E-state index contributed by atoms with van der Waals surface area (Å²) < 4.78 is 0.942. The van der Waals surface area contributed by atoms with Gasteiger partial charge in [0, 0.05) is 29.8 Å². The minimum Gasteiger partial charge on any atom is -0.480 e. The maximum absolute atomic E-state index is 11.9. The lowest BCUT2D eigenvalue weighted by Gasteiger charge is -2.24. The summed E-state index contributed by atoms with van der Waals surface area (Å²) in [5, 5.41) is 9.40. The number of halogens is 1. The summed E-state index contributed by atoms with van der Waals surface area (Å²) in [5.41, 5.74) is 0.899. The molecule has 5 heteroatoms. The van der Waals surface area contributed by atoms with Crippen LogP contribution in [0.5, 0.6) is 0 Å². The number of carboxylic acid groups (broad SMARTS) is 1. The van der Waals surface area contributed by atoms with Gasteiger partial charge in [0.2, 0.25) is 5.91 Å². The predicted molar refractivity (Wildman–Crippen MR) is 79.3 cm³/mol. The van der Waals surface area contributed by atoms with Crippen molar-refractivity contribution in [1.82, 2.24) is 4.90 Å². The Kier molecular flexibility index (Phi) is 4.60. The molecule has 1 amide bonds. The number of rotatable bonds is 5. The van der Waals surface area contributed by atoms with E-state index in [0.29, 0.717) is 19.4 Å². The molecule has 20 heavy (non-hydrogen) atoms. The van der Waals surface area contributed by atoms with Gasteiger partial charge in [-0.2, -0.15) is 0 Å². The van der Waals surface area contributed by atoms with Gasteiger partial charge in [-0.25, -0.2) is 4.79 Å². The zero-order valence-electron chi connectivity index (χ0n) is 11.0. The van der Waals surface area contributed by atoms with Crippen molar-refractivity contribution in [2.45, 2.75) is 18.9 Å². The molecule has 0 spiro atoms. The Morgan fingerprint density at radius 2 is 2.15 bits per heavy atom. The van der Waals surface area contributed by atoms with Gasteiger partial charge in [-0.15, -0.1) is 6.58 Å². The molecule has 0 aliphatic carbocycles. The van der Waals surface area contributed by atoms with Gasteiger partial charge in [0.05, 0.1) is 0 Å². The van der Waals surface area contributed by atoms with Crippen molar-refractivity contribution in [3.63, 3.8) is 0 Å². The number of carbonyl (C=O) groups is 2. The average molecular weight is 338 g/mol. The van der Waals surface area contributed by atoms with Crippen LogP contribution in [0.1, 0.15) is 12.0 Å². The molecule has 1 N–H and O–H groups in total. The van der Waals surface area contributed by atoms with Gasteiger partial charge < -0.3 is 10.0 Å². The van der Waals surface area contributed by atoms with Gasteiger partial charge >= 0.3 is 5.97 Å². The number of nitrogens with zero attached hydrogens (tertiary/aromatic N) is 1. The van der Waals surface area contributed by atoms with E-state index in [1.165, 1.54) is 4.90 Å². The van der Waals surface area contributed by atoms with E-state index in [1.54, 1.807) is 6.08 Å². The third-order valence-electron chi connectivity index (χ3n) is 3.53. The fraction of sp³-hybridized carbons (Fsp3) is 0.333. The van der Waals surface area contributed by atoms with Crippen LogP contribution in [0.25, 0.3) is 0 Å². The van der Waals surface area contributed by atoms with Crippen molar-refractivity contribution >= 4 is 27.8 Å². The summed E-state index contributed by atoms with van der Waals surface area (Å²) in [6.45, 7) is 4.12. The Hall–Kier alpha value is -1.62. The quantitative estimate of drug-likeness (QED) is 0.839. The highest BCUT2D eigenvalue weighted by atomic mass is 79.9. The third kappa shape index (κ3) is 3.28. The van der Waals surface area contributed by atoms with E-state index in [4.69, 9.17) is 0 Å². The van der Waals surface area contributed by atoms with Gasteiger partial charge in [-0.05, 0) is 17.7 Å². The van der Waals surface area contributed by atoms with E-state index >= 15 is 0 Å². The molecule has 1 aromatic carbocycles. The SMILES string of the molecule is C=CC1CC(=O)N([C@@H](Cc2ccc(Br)cc2)C(=O)O)C1. The standard InChI is InChI=1S/C15H16BrNO3/c1-2-10-8-14(18)17(9-10)13(15(19)20)7-11-3-5-12(16)6-4-11/h2-6,10,13H,1,7-9H2,(H,19,20)/t10?,13-/m0/s1. The van der Waals surface area contributed by atoms with E-state index in [-0.39, 0.29) is 11.8 Å². The molecule has 1 aliphatic rings. The number of amides is 1. The average Bonchev–Trinajstić information content (AvgIpc) is 2.79. The Morgan fingerprint density at radius 3 is 2.65 bits per heavy atom. The number of carbonyl (C=O) groups excluding carboxylic acids is 1. The van der Waals surface area contributed by atoms with Crippen LogP contribution in [0, 0.1) is 5.92 Å². The lowest BCUT2D eigenvalue weighted by Crippen LogP contribution is -2.43. The normalized spacial score (nSPS) is 19.9. The molecule has 1 unspecified atom stereocenters. The van der Waals surface area contributed by atoms with E-state index in [1.807, 2.05) is 24.3 Å². The van der Waals surface area contributed by atoms with Crippen molar-refractivity contribution in [1.29, 1.82) is 0 Å². The number of hydrogen-bond acceptors (Lipinski definition) is 2. The van der Waals surface area contributed by atoms with Crippen molar-refractivity contribution in [2.24, 2.45) is 5.92 Å². The minimum atomic E-state index is -0.967. The first-order valence-electron chi connectivity index (χ1n) is 6.40. The molecule has 1 heterocycles. The molecule has 1 fully saturated rings. The van der Waals surface area contributed by atoms with Gasteiger partial charge in [-0.3, -0.25) is 4.79 Å². The second-order valence-corrected chi connectivity index (χ2v) is 5.85. The maximum Gasteiger partial charge on any atom is 0.326 e. The summed E-state index contributed by atoms with van der Waals surface area (Å²) in [7, 11) is 0. The number of likely N-dealkylation sites (tertiary alicyclic amines) is 1. The van der Waals surface area contributed by atoms with Crippen LogP contribution < -0.4 is 0 Å². The fourth-order valence-electron chi connectivity index (χ4n) is 2.39. The van der Waals surface area contributed by atoms with Crippen molar-refractivity contribution in [2.75, 3.05) is 6.54 Å². The Balaban J connectivity index is 2.15. The van der Waals surface area contributed by atoms with Crippen molar-refractivity contribution in [3.05, 3.63) is 47.0 Å². The van der Waals surface area contributed by atoms with Crippen LogP contribution in [-0.2, 0) is 16.0 Å². The lowest BCUT2D eigenvalue weighted by atomic mass is 10.0. The van der Waals surface area contributed by atoms with Crippen LogP contribution in [0.15, 0.2) is 41.4 Å². The molecular formula is C15H16BrNO3. The summed E-state index contributed by atoms with van der Waals surface area (Å²) in [6, 6.07) is 6.66. The number of benzene rings is 1. The molecule has 0 aromatic heterocycles. The fourth-order valence-corrected chi connectivity index (χ4v) is 2.66. The van der Waals surface area contributed by atoms with Gasteiger partial charge in [0.15, 0.2) is 0 Å².